The molecule has 0 saturated carbocycles. The molecule has 0 radical (unpaired) electrons. The lowest BCUT2D eigenvalue weighted by molar-refractivity contribution is 0.561. The Hall–Kier alpha value is -1.15. The molecule has 0 fully saturated rings. The fraction of sp³-hybridized carbons (Fsp3) is 0.333. The summed E-state index contributed by atoms with van der Waals surface area (Å²) in [6, 6.07) is 3.43. The molecule has 2 N–H and O–H groups in total. The van der Waals surface area contributed by atoms with Crippen molar-refractivity contribution in [3.8, 4) is 0 Å². The number of hydrogen-bond acceptors (Lipinski definition) is 5. The fourth-order valence-electron chi connectivity index (χ4n) is 1.50. The number of nitrogens with one attached hydrogen (secondary N) is 2. The highest BCUT2D eigenvalue weighted by molar-refractivity contribution is 7.89. The SMILES string of the molecule is CCNCc1cc(S(=O)(=O)NCc2ccoc2)cs1. The molecule has 0 aromatic carbocycles. The van der Waals surface area contributed by atoms with Crippen LogP contribution < -0.4 is 10.0 Å². The minimum atomic E-state index is -3.45. The number of hydrogen-bond donors (Lipinski definition) is 2. The summed E-state index contributed by atoms with van der Waals surface area (Å²) in [5.41, 5.74) is 0.798. The van der Waals surface area contributed by atoms with Gasteiger partial charge in [0.1, 0.15) is 0 Å². The van der Waals surface area contributed by atoms with E-state index in [2.05, 4.69) is 10.0 Å². The maximum atomic E-state index is 12.1. The van der Waals surface area contributed by atoms with E-state index in [0.717, 1.165) is 17.0 Å². The summed E-state index contributed by atoms with van der Waals surface area (Å²) >= 11 is 1.44. The third-order valence-corrected chi connectivity index (χ3v) is 5.00. The number of furan rings is 1. The van der Waals surface area contributed by atoms with E-state index < -0.39 is 10.0 Å². The highest BCUT2D eigenvalue weighted by Crippen LogP contribution is 2.19. The van der Waals surface area contributed by atoms with Gasteiger partial charge in [-0.3, -0.25) is 0 Å². The van der Waals surface area contributed by atoms with Crippen molar-refractivity contribution in [2.45, 2.75) is 24.9 Å². The third kappa shape index (κ3) is 3.90. The van der Waals surface area contributed by atoms with Gasteiger partial charge in [0.25, 0.3) is 0 Å². The van der Waals surface area contributed by atoms with Crippen LogP contribution >= 0.6 is 11.3 Å². The molecule has 104 valence electrons. The summed E-state index contributed by atoms with van der Waals surface area (Å²) in [7, 11) is -3.45. The fourth-order valence-corrected chi connectivity index (χ4v) is 3.76. The zero-order chi connectivity index (χ0) is 13.7. The normalized spacial score (nSPS) is 11.8. The van der Waals surface area contributed by atoms with Crippen molar-refractivity contribution in [2.75, 3.05) is 6.54 Å². The zero-order valence-corrected chi connectivity index (χ0v) is 12.2. The minimum absolute atomic E-state index is 0.233. The second kappa shape index (κ2) is 6.33. The quantitative estimate of drug-likeness (QED) is 0.819. The van der Waals surface area contributed by atoms with Gasteiger partial charge >= 0.3 is 0 Å². The maximum absolute atomic E-state index is 12.1. The molecule has 0 spiro atoms. The Bertz CT molecular complexity index is 603. The summed E-state index contributed by atoms with van der Waals surface area (Å²) in [5, 5.41) is 4.82. The van der Waals surface area contributed by atoms with Gasteiger partial charge in [-0.05, 0) is 18.7 Å². The second-order valence-corrected chi connectivity index (χ2v) is 6.75. The van der Waals surface area contributed by atoms with Crippen LogP contribution in [-0.2, 0) is 23.1 Å². The van der Waals surface area contributed by atoms with Crippen molar-refractivity contribution >= 4 is 21.4 Å². The van der Waals surface area contributed by atoms with Gasteiger partial charge in [0.05, 0.1) is 17.4 Å². The Balaban J connectivity index is 2.00. The first kappa shape index (κ1) is 14.3. The summed E-state index contributed by atoms with van der Waals surface area (Å²) in [5.74, 6) is 0. The van der Waals surface area contributed by atoms with E-state index in [-0.39, 0.29) is 6.54 Å². The zero-order valence-electron chi connectivity index (χ0n) is 10.5. The molecule has 0 unspecified atom stereocenters. The molecule has 19 heavy (non-hydrogen) atoms. The van der Waals surface area contributed by atoms with E-state index in [1.54, 1.807) is 17.5 Å². The van der Waals surface area contributed by atoms with Gasteiger partial charge < -0.3 is 9.73 Å². The molecule has 5 nitrogen and oxygen atoms in total. The molecule has 2 aromatic heterocycles. The highest BCUT2D eigenvalue weighted by atomic mass is 32.2. The molecule has 0 aliphatic heterocycles. The van der Waals surface area contributed by atoms with E-state index in [1.165, 1.54) is 23.9 Å². The Morgan fingerprint density at radius 3 is 2.89 bits per heavy atom. The molecule has 0 saturated heterocycles. The van der Waals surface area contributed by atoms with Gasteiger partial charge in [-0.15, -0.1) is 11.3 Å². The monoisotopic (exact) mass is 300 g/mol. The van der Waals surface area contributed by atoms with E-state index in [0.29, 0.717) is 11.4 Å². The summed E-state index contributed by atoms with van der Waals surface area (Å²) in [6.45, 7) is 3.80. The van der Waals surface area contributed by atoms with Crippen LogP contribution in [0, 0.1) is 0 Å². The highest BCUT2D eigenvalue weighted by Gasteiger charge is 2.16. The molecular weight excluding hydrogens is 284 g/mol. The minimum Gasteiger partial charge on any atom is -0.472 e. The molecule has 2 rings (SSSR count). The standard InChI is InChI=1S/C12H16N2O3S2/c1-2-13-7-11-5-12(9-18-11)19(15,16)14-6-10-3-4-17-8-10/h3-5,8-9,13-14H,2,6-7H2,1H3. The third-order valence-electron chi connectivity index (χ3n) is 2.54. The molecule has 0 atom stereocenters. The van der Waals surface area contributed by atoms with Crippen molar-refractivity contribution < 1.29 is 12.8 Å². The van der Waals surface area contributed by atoms with Crippen LogP contribution in [0.25, 0.3) is 0 Å². The van der Waals surface area contributed by atoms with Crippen LogP contribution in [0.2, 0.25) is 0 Å². The molecular formula is C12H16N2O3S2. The van der Waals surface area contributed by atoms with Crippen LogP contribution in [0.15, 0.2) is 39.4 Å². The Morgan fingerprint density at radius 2 is 2.21 bits per heavy atom. The van der Waals surface area contributed by atoms with Crippen LogP contribution in [0.5, 0.6) is 0 Å². The Morgan fingerprint density at radius 1 is 1.37 bits per heavy atom. The van der Waals surface area contributed by atoms with E-state index in [4.69, 9.17) is 4.42 Å². The molecule has 0 aliphatic carbocycles. The van der Waals surface area contributed by atoms with Crippen molar-refractivity contribution in [1.29, 1.82) is 0 Å². The maximum Gasteiger partial charge on any atom is 0.241 e. The van der Waals surface area contributed by atoms with Crippen LogP contribution in [0.4, 0.5) is 0 Å². The van der Waals surface area contributed by atoms with E-state index in [1.807, 2.05) is 6.92 Å². The largest absolute Gasteiger partial charge is 0.472 e. The number of thiophene rings is 1. The lowest BCUT2D eigenvalue weighted by Crippen LogP contribution is -2.22. The lowest BCUT2D eigenvalue weighted by Gasteiger charge is -2.02. The molecule has 0 amide bonds. The Labute approximate surface area is 116 Å². The first-order valence-electron chi connectivity index (χ1n) is 5.90. The predicted octanol–water partition coefficient (Wildman–Crippen LogP) is 1.93. The van der Waals surface area contributed by atoms with Crippen LogP contribution in [0.3, 0.4) is 0 Å². The Kier molecular flexibility index (Phi) is 4.76. The van der Waals surface area contributed by atoms with Crippen molar-refractivity contribution in [3.05, 3.63) is 40.5 Å². The molecule has 2 heterocycles. The van der Waals surface area contributed by atoms with Gasteiger partial charge in [-0.2, -0.15) is 0 Å². The molecule has 7 heteroatoms. The van der Waals surface area contributed by atoms with Gasteiger partial charge in [0.2, 0.25) is 10.0 Å². The molecule has 2 aromatic rings. The lowest BCUT2D eigenvalue weighted by atomic mass is 10.4. The van der Waals surface area contributed by atoms with Gasteiger partial charge in [0.15, 0.2) is 0 Å². The van der Waals surface area contributed by atoms with Crippen molar-refractivity contribution in [2.24, 2.45) is 0 Å². The van der Waals surface area contributed by atoms with Gasteiger partial charge in [0, 0.05) is 28.9 Å². The first-order chi connectivity index (χ1) is 9.12. The van der Waals surface area contributed by atoms with E-state index >= 15 is 0 Å². The van der Waals surface area contributed by atoms with Gasteiger partial charge in [-0.25, -0.2) is 13.1 Å². The smallest absolute Gasteiger partial charge is 0.241 e. The van der Waals surface area contributed by atoms with Crippen LogP contribution in [-0.4, -0.2) is 15.0 Å². The van der Waals surface area contributed by atoms with Crippen LogP contribution in [0.1, 0.15) is 17.4 Å². The number of sulfonamides is 1. The predicted molar refractivity (Wildman–Crippen MR) is 74.4 cm³/mol. The average molecular weight is 300 g/mol. The topological polar surface area (TPSA) is 71.3 Å². The van der Waals surface area contributed by atoms with Crippen molar-refractivity contribution in [3.63, 3.8) is 0 Å². The van der Waals surface area contributed by atoms with Gasteiger partial charge in [-0.1, -0.05) is 6.92 Å². The van der Waals surface area contributed by atoms with Crippen molar-refractivity contribution in [1.82, 2.24) is 10.0 Å². The number of rotatable bonds is 7. The first-order valence-corrected chi connectivity index (χ1v) is 8.27. The summed E-state index contributed by atoms with van der Waals surface area (Å²) in [6.07, 6.45) is 3.04. The molecule has 0 aliphatic rings. The average Bonchev–Trinajstić information content (AvgIpc) is 3.05. The molecule has 0 bridgehead atoms. The second-order valence-electron chi connectivity index (χ2n) is 3.99. The van der Waals surface area contributed by atoms with E-state index in [9.17, 15) is 8.42 Å². The summed E-state index contributed by atoms with van der Waals surface area (Å²) in [4.78, 5) is 1.32. The summed E-state index contributed by atoms with van der Waals surface area (Å²) < 4.78 is 31.6.